The van der Waals surface area contributed by atoms with Gasteiger partial charge in [-0.1, -0.05) is 0 Å². The molecule has 0 atom stereocenters. The minimum absolute atomic E-state index is 0.223. The molecule has 0 radical (unpaired) electrons. The van der Waals surface area contributed by atoms with Crippen LogP contribution in [0.1, 0.15) is 5.69 Å². The molecule has 1 rings (SSSR count). The molecule has 1 aromatic rings. The number of carboxylic acids is 2. The molecule has 1 aromatic heterocycles. The second-order valence-corrected chi connectivity index (χ2v) is 3.73. The predicted octanol–water partition coefficient (Wildman–Crippen LogP) is 0.349. The van der Waals surface area contributed by atoms with Crippen molar-refractivity contribution in [1.29, 1.82) is 0 Å². The summed E-state index contributed by atoms with van der Waals surface area (Å²) in [4.78, 5) is 35.5. The molecule has 0 aliphatic rings. The zero-order valence-corrected chi connectivity index (χ0v) is 9.23. The average molecular weight is 256 g/mol. The number of carbonyl (C=O) groups excluding carboxylic acids is 1. The van der Waals surface area contributed by atoms with E-state index >= 15 is 0 Å². The van der Waals surface area contributed by atoms with E-state index in [0.29, 0.717) is 11.8 Å². The highest BCUT2D eigenvalue weighted by Crippen LogP contribution is 2.15. The summed E-state index contributed by atoms with van der Waals surface area (Å²) in [6, 6.07) is 0. The minimum Gasteiger partial charge on any atom is -0.481 e. The number of aliphatic carboxylic acids is 2. The van der Waals surface area contributed by atoms with Crippen molar-refractivity contribution in [2.75, 3.05) is 5.32 Å². The molecule has 90 valence electrons. The maximum atomic E-state index is 11.1. The van der Waals surface area contributed by atoms with Crippen LogP contribution in [0, 0.1) is 0 Å². The van der Waals surface area contributed by atoms with Crippen molar-refractivity contribution in [2.24, 2.45) is 0 Å². The van der Waals surface area contributed by atoms with Crippen LogP contribution in [0.3, 0.4) is 0 Å². The van der Waals surface area contributed by atoms with Gasteiger partial charge in [0.05, 0.1) is 12.1 Å². The molecule has 7 nitrogen and oxygen atoms in total. The maximum absolute atomic E-state index is 11.1. The molecular formula is C9H8N2O5S. The maximum Gasteiger partial charge on any atom is 0.328 e. The molecule has 0 spiro atoms. The van der Waals surface area contributed by atoms with E-state index in [-0.39, 0.29) is 11.6 Å². The highest BCUT2D eigenvalue weighted by atomic mass is 32.1. The van der Waals surface area contributed by atoms with Gasteiger partial charge < -0.3 is 10.2 Å². The molecule has 1 amide bonds. The van der Waals surface area contributed by atoms with E-state index in [2.05, 4.69) is 10.3 Å². The Bertz CT molecular complexity index is 479. The van der Waals surface area contributed by atoms with E-state index in [1.807, 2.05) is 0 Å². The minimum atomic E-state index is -1.23. The number of anilines is 1. The molecule has 0 aromatic carbocycles. The summed E-state index contributed by atoms with van der Waals surface area (Å²) in [6.45, 7) is 0. The van der Waals surface area contributed by atoms with Crippen LogP contribution in [0.25, 0.3) is 0 Å². The first-order valence-electron chi connectivity index (χ1n) is 4.35. The van der Waals surface area contributed by atoms with Gasteiger partial charge in [0.1, 0.15) is 0 Å². The van der Waals surface area contributed by atoms with Gasteiger partial charge in [0.15, 0.2) is 5.13 Å². The van der Waals surface area contributed by atoms with Gasteiger partial charge in [-0.3, -0.25) is 14.9 Å². The third kappa shape index (κ3) is 4.89. The Labute approximate surface area is 99.4 Å². The number of hydrogen-bond donors (Lipinski definition) is 3. The van der Waals surface area contributed by atoms with Crippen molar-refractivity contribution < 1.29 is 24.6 Å². The summed E-state index contributed by atoms with van der Waals surface area (Å²) in [7, 11) is 0. The fourth-order valence-corrected chi connectivity index (χ4v) is 1.61. The Hall–Kier alpha value is -2.22. The van der Waals surface area contributed by atoms with Crippen LogP contribution in [0.5, 0.6) is 0 Å². The Morgan fingerprint density at radius 3 is 2.65 bits per heavy atom. The van der Waals surface area contributed by atoms with Gasteiger partial charge in [0, 0.05) is 17.5 Å². The molecule has 8 heteroatoms. The second kappa shape index (κ2) is 5.75. The molecular weight excluding hydrogens is 248 g/mol. The van der Waals surface area contributed by atoms with Gasteiger partial charge in [-0.2, -0.15) is 0 Å². The number of nitrogens with one attached hydrogen (secondary N) is 1. The SMILES string of the molecule is O=C(O)/C=C/C(=O)Nc1nc(CC(=O)O)cs1. The lowest BCUT2D eigenvalue weighted by atomic mass is 10.3. The van der Waals surface area contributed by atoms with E-state index in [9.17, 15) is 14.4 Å². The molecule has 3 N–H and O–H groups in total. The first-order valence-corrected chi connectivity index (χ1v) is 5.23. The lowest BCUT2D eigenvalue weighted by Crippen LogP contribution is -2.08. The number of aromatic nitrogens is 1. The predicted molar refractivity (Wildman–Crippen MR) is 58.9 cm³/mol. The van der Waals surface area contributed by atoms with E-state index in [0.717, 1.165) is 17.4 Å². The first kappa shape index (κ1) is 12.8. The average Bonchev–Trinajstić information content (AvgIpc) is 2.61. The molecule has 0 aliphatic carbocycles. The van der Waals surface area contributed by atoms with Crippen molar-refractivity contribution in [3.8, 4) is 0 Å². The van der Waals surface area contributed by atoms with Crippen molar-refractivity contribution >= 4 is 34.3 Å². The number of carboxylic acid groups (broad SMARTS) is 2. The Morgan fingerprint density at radius 1 is 1.35 bits per heavy atom. The van der Waals surface area contributed by atoms with E-state index in [4.69, 9.17) is 10.2 Å². The third-order valence-electron chi connectivity index (χ3n) is 1.49. The topological polar surface area (TPSA) is 117 Å². The van der Waals surface area contributed by atoms with E-state index < -0.39 is 17.8 Å². The number of hydrogen-bond acceptors (Lipinski definition) is 5. The number of carbonyl (C=O) groups is 3. The number of thiazole rings is 1. The molecule has 0 saturated heterocycles. The molecule has 0 saturated carbocycles. The van der Waals surface area contributed by atoms with Gasteiger partial charge in [0.2, 0.25) is 5.91 Å². The van der Waals surface area contributed by atoms with Crippen LogP contribution in [-0.4, -0.2) is 33.0 Å². The van der Waals surface area contributed by atoms with Crippen molar-refractivity contribution in [3.63, 3.8) is 0 Å². The molecule has 0 aliphatic heterocycles. The van der Waals surface area contributed by atoms with E-state index in [1.54, 1.807) is 0 Å². The Balaban J connectivity index is 2.57. The zero-order valence-electron chi connectivity index (χ0n) is 8.41. The van der Waals surface area contributed by atoms with Gasteiger partial charge in [-0.15, -0.1) is 11.3 Å². The normalized spacial score (nSPS) is 10.4. The fourth-order valence-electron chi connectivity index (χ4n) is 0.895. The molecule has 0 fully saturated rings. The third-order valence-corrected chi connectivity index (χ3v) is 2.30. The fraction of sp³-hybridized carbons (Fsp3) is 0.111. The van der Waals surface area contributed by atoms with Gasteiger partial charge >= 0.3 is 11.9 Å². The number of nitrogens with zero attached hydrogens (tertiary/aromatic N) is 1. The Kier molecular flexibility index (Phi) is 4.35. The summed E-state index contributed by atoms with van der Waals surface area (Å²) in [5.41, 5.74) is 0.333. The first-order chi connectivity index (χ1) is 7.97. The summed E-state index contributed by atoms with van der Waals surface area (Å²) < 4.78 is 0. The molecule has 0 bridgehead atoms. The lowest BCUT2D eigenvalue weighted by Gasteiger charge is -1.94. The summed E-state index contributed by atoms with van der Waals surface area (Å²) in [5.74, 6) is -2.88. The van der Waals surface area contributed by atoms with Crippen LogP contribution < -0.4 is 5.32 Å². The summed E-state index contributed by atoms with van der Waals surface area (Å²) >= 11 is 1.07. The van der Waals surface area contributed by atoms with Crippen molar-refractivity contribution in [2.45, 2.75) is 6.42 Å². The van der Waals surface area contributed by atoms with Gasteiger partial charge in [-0.05, 0) is 0 Å². The highest BCUT2D eigenvalue weighted by Gasteiger charge is 2.07. The van der Waals surface area contributed by atoms with Crippen LogP contribution in [0.4, 0.5) is 5.13 Å². The molecule has 1 heterocycles. The van der Waals surface area contributed by atoms with Crippen LogP contribution in [0.2, 0.25) is 0 Å². The smallest absolute Gasteiger partial charge is 0.328 e. The molecule has 0 unspecified atom stereocenters. The van der Waals surface area contributed by atoms with Crippen molar-refractivity contribution in [1.82, 2.24) is 4.98 Å². The van der Waals surface area contributed by atoms with Crippen LogP contribution in [0.15, 0.2) is 17.5 Å². The number of amides is 1. The van der Waals surface area contributed by atoms with Gasteiger partial charge in [0.25, 0.3) is 0 Å². The summed E-state index contributed by atoms with van der Waals surface area (Å²) in [5, 5.41) is 20.8. The largest absolute Gasteiger partial charge is 0.481 e. The summed E-state index contributed by atoms with van der Waals surface area (Å²) in [6.07, 6.45) is 1.32. The highest BCUT2D eigenvalue weighted by molar-refractivity contribution is 7.14. The lowest BCUT2D eigenvalue weighted by molar-refractivity contribution is -0.136. The standard InChI is InChI=1S/C9H8N2O5S/c12-6(1-2-7(13)14)11-9-10-5(4-17-9)3-8(15)16/h1-2,4H,3H2,(H,13,14)(H,15,16)(H,10,11,12)/b2-1+. The monoisotopic (exact) mass is 256 g/mol. The van der Waals surface area contributed by atoms with E-state index in [1.165, 1.54) is 5.38 Å². The second-order valence-electron chi connectivity index (χ2n) is 2.88. The van der Waals surface area contributed by atoms with Crippen LogP contribution in [-0.2, 0) is 20.8 Å². The number of rotatable bonds is 5. The quantitative estimate of drug-likeness (QED) is 0.654. The zero-order chi connectivity index (χ0) is 12.8. The Morgan fingerprint density at radius 2 is 2.06 bits per heavy atom. The molecule has 17 heavy (non-hydrogen) atoms. The van der Waals surface area contributed by atoms with Crippen molar-refractivity contribution in [3.05, 3.63) is 23.2 Å². The van der Waals surface area contributed by atoms with Gasteiger partial charge in [-0.25, -0.2) is 9.78 Å². The van der Waals surface area contributed by atoms with Crippen LogP contribution >= 0.6 is 11.3 Å².